The highest BCUT2D eigenvalue weighted by Crippen LogP contribution is 2.17. The van der Waals surface area contributed by atoms with Crippen molar-refractivity contribution < 1.29 is 4.74 Å². The Hall–Kier alpha value is -0.420. The lowest BCUT2D eigenvalue weighted by Gasteiger charge is -2.15. The van der Waals surface area contributed by atoms with E-state index in [9.17, 15) is 0 Å². The summed E-state index contributed by atoms with van der Waals surface area (Å²) in [6, 6.07) is 4.48. The summed E-state index contributed by atoms with van der Waals surface area (Å²) < 4.78 is 5.37. The summed E-state index contributed by atoms with van der Waals surface area (Å²) >= 11 is 1.91. The number of rotatable bonds is 10. The highest BCUT2D eigenvalue weighted by Gasteiger charge is 2.04. The average Bonchev–Trinajstić information content (AvgIpc) is 2.76. The highest BCUT2D eigenvalue weighted by atomic mass is 32.1. The van der Waals surface area contributed by atoms with Gasteiger partial charge in [-0.15, -0.1) is 11.3 Å². The molecule has 0 aromatic carbocycles. The normalized spacial score (nSPS) is 11.7. The van der Waals surface area contributed by atoms with Crippen LogP contribution in [0.15, 0.2) is 12.1 Å². The van der Waals surface area contributed by atoms with Gasteiger partial charge in [0, 0.05) is 36.0 Å². The lowest BCUT2D eigenvalue weighted by molar-refractivity contribution is 0.120. The van der Waals surface area contributed by atoms with E-state index in [-0.39, 0.29) is 0 Å². The van der Waals surface area contributed by atoms with Gasteiger partial charge in [0.05, 0.1) is 6.61 Å². The molecule has 3 nitrogen and oxygen atoms in total. The third kappa shape index (κ3) is 7.67. The van der Waals surface area contributed by atoms with Crippen molar-refractivity contribution in [2.45, 2.75) is 33.9 Å². The second-order valence-corrected chi connectivity index (χ2v) is 6.58. The van der Waals surface area contributed by atoms with Crippen molar-refractivity contribution in [1.82, 2.24) is 10.2 Å². The first-order valence-electron chi connectivity index (χ1n) is 7.16. The van der Waals surface area contributed by atoms with Gasteiger partial charge in [0.2, 0.25) is 0 Å². The van der Waals surface area contributed by atoms with Gasteiger partial charge in [0.1, 0.15) is 0 Å². The van der Waals surface area contributed by atoms with E-state index in [1.165, 1.54) is 9.75 Å². The third-order valence-corrected chi connectivity index (χ3v) is 3.89. The Labute approximate surface area is 122 Å². The molecule has 0 spiro atoms. The minimum Gasteiger partial charge on any atom is -0.380 e. The van der Waals surface area contributed by atoms with E-state index in [1.807, 2.05) is 18.3 Å². The maximum atomic E-state index is 5.37. The minimum atomic E-state index is 0.712. The molecule has 0 amide bonds. The summed E-state index contributed by atoms with van der Waals surface area (Å²) in [6.45, 7) is 12.2. The van der Waals surface area contributed by atoms with Crippen LogP contribution in [0.3, 0.4) is 0 Å². The first-order valence-corrected chi connectivity index (χ1v) is 7.98. The molecule has 1 N–H and O–H groups in total. The number of ether oxygens (including phenoxy) is 1. The van der Waals surface area contributed by atoms with Crippen molar-refractivity contribution >= 4 is 11.3 Å². The maximum absolute atomic E-state index is 5.37. The molecule has 0 atom stereocenters. The van der Waals surface area contributed by atoms with Crippen LogP contribution in [-0.2, 0) is 17.8 Å². The molecule has 4 heteroatoms. The monoisotopic (exact) mass is 284 g/mol. The number of likely N-dealkylation sites (N-methyl/N-ethyl adjacent to an activating group) is 1. The van der Waals surface area contributed by atoms with Crippen LogP contribution < -0.4 is 5.32 Å². The van der Waals surface area contributed by atoms with Crippen molar-refractivity contribution in [3.8, 4) is 0 Å². The summed E-state index contributed by atoms with van der Waals surface area (Å²) in [7, 11) is 2.15. The van der Waals surface area contributed by atoms with E-state index in [1.54, 1.807) is 0 Å². The zero-order valence-corrected chi connectivity index (χ0v) is 13.6. The van der Waals surface area contributed by atoms with Crippen LogP contribution in [0.4, 0.5) is 0 Å². The molecule has 19 heavy (non-hydrogen) atoms. The Morgan fingerprint density at radius 3 is 2.74 bits per heavy atom. The van der Waals surface area contributed by atoms with Gasteiger partial charge >= 0.3 is 0 Å². The van der Waals surface area contributed by atoms with Crippen molar-refractivity contribution in [3.05, 3.63) is 21.9 Å². The van der Waals surface area contributed by atoms with E-state index < -0.39 is 0 Å². The van der Waals surface area contributed by atoms with Crippen molar-refractivity contribution in [2.75, 3.05) is 33.4 Å². The standard InChI is InChI=1S/C15H28N2OS/c1-5-18-9-8-17(4)12-15-7-6-14(19-15)11-16-10-13(2)3/h6-7,13,16H,5,8-12H2,1-4H3. The van der Waals surface area contributed by atoms with Crippen LogP contribution in [0.25, 0.3) is 0 Å². The van der Waals surface area contributed by atoms with E-state index in [4.69, 9.17) is 4.74 Å². The first kappa shape index (κ1) is 16.6. The first-order chi connectivity index (χ1) is 9.11. The molecule has 0 fully saturated rings. The highest BCUT2D eigenvalue weighted by molar-refractivity contribution is 7.11. The molecule has 1 aromatic rings. The molecule has 0 saturated heterocycles. The maximum Gasteiger partial charge on any atom is 0.0593 e. The van der Waals surface area contributed by atoms with E-state index >= 15 is 0 Å². The van der Waals surface area contributed by atoms with Crippen molar-refractivity contribution in [1.29, 1.82) is 0 Å². The van der Waals surface area contributed by atoms with Crippen LogP contribution in [0, 0.1) is 5.92 Å². The molecule has 0 bridgehead atoms. The van der Waals surface area contributed by atoms with E-state index in [2.05, 4.69) is 43.2 Å². The number of nitrogens with one attached hydrogen (secondary N) is 1. The van der Waals surface area contributed by atoms with Crippen LogP contribution in [-0.4, -0.2) is 38.3 Å². The largest absolute Gasteiger partial charge is 0.380 e. The molecule has 0 radical (unpaired) electrons. The summed E-state index contributed by atoms with van der Waals surface area (Å²) in [5.41, 5.74) is 0. The fourth-order valence-electron chi connectivity index (χ4n) is 1.80. The van der Waals surface area contributed by atoms with Gasteiger partial charge in [-0.2, -0.15) is 0 Å². The molecule has 0 unspecified atom stereocenters. The summed E-state index contributed by atoms with van der Waals surface area (Å²) in [4.78, 5) is 5.17. The molecule has 110 valence electrons. The molecule has 0 aliphatic carbocycles. The van der Waals surface area contributed by atoms with Crippen LogP contribution in [0.1, 0.15) is 30.5 Å². The van der Waals surface area contributed by atoms with Gasteiger partial charge in [-0.05, 0) is 38.6 Å². The molecule has 1 heterocycles. The zero-order valence-electron chi connectivity index (χ0n) is 12.7. The number of nitrogens with zero attached hydrogens (tertiary/aromatic N) is 1. The quantitative estimate of drug-likeness (QED) is 0.669. The molecule has 1 rings (SSSR count). The average molecular weight is 284 g/mol. The van der Waals surface area contributed by atoms with E-state index in [0.717, 1.165) is 39.4 Å². The summed E-state index contributed by atoms with van der Waals surface area (Å²) in [6.07, 6.45) is 0. The van der Waals surface area contributed by atoms with E-state index in [0.29, 0.717) is 5.92 Å². The lowest BCUT2D eigenvalue weighted by Crippen LogP contribution is -2.22. The lowest BCUT2D eigenvalue weighted by atomic mass is 10.2. The third-order valence-electron chi connectivity index (χ3n) is 2.82. The van der Waals surface area contributed by atoms with Gasteiger partial charge in [-0.1, -0.05) is 13.8 Å². The molecule has 0 aliphatic heterocycles. The number of hydrogen-bond acceptors (Lipinski definition) is 4. The van der Waals surface area contributed by atoms with Crippen LogP contribution in [0.2, 0.25) is 0 Å². The number of thiophene rings is 1. The molecular weight excluding hydrogens is 256 g/mol. The molecular formula is C15H28N2OS. The second-order valence-electron chi connectivity index (χ2n) is 5.33. The Morgan fingerprint density at radius 1 is 1.32 bits per heavy atom. The predicted molar refractivity (Wildman–Crippen MR) is 83.7 cm³/mol. The van der Waals surface area contributed by atoms with Crippen LogP contribution >= 0.6 is 11.3 Å². The van der Waals surface area contributed by atoms with Gasteiger partial charge in [-0.3, -0.25) is 4.90 Å². The Bertz CT molecular complexity index is 339. The Balaban J connectivity index is 2.25. The Kier molecular flexibility index (Phi) is 8.30. The fourth-order valence-corrected chi connectivity index (χ4v) is 2.86. The molecule has 0 aliphatic rings. The van der Waals surface area contributed by atoms with Crippen molar-refractivity contribution in [3.63, 3.8) is 0 Å². The summed E-state index contributed by atoms with van der Waals surface area (Å²) in [5, 5.41) is 3.49. The van der Waals surface area contributed by atoms with Crippen molar-refractivity contribution in [2.24, 2.45) is 5.92 Å². The topological polar surface area (TPSA) is 24.5 Å². The van der Waals surface area contributed by atoms with Gasteiger partial charge in [0.15, 0.2) is 0 Å². The SMILES string of the molecule is CCOCCN(C)Cc1ccc(CNCC(C)C)s1. The molecule has 1 aromatic heterocycles. The van der Waals surface area contributed by atoms with Gasteiger partial charge in [-0.25, -0.2) is 0 Å². The van der Waals surface area contributed by atoms with Gasteiger partial charge in [0.25, 0.3) is 0 Å². The number of hydrogen-bond donors (Lipinski definition) is 1. The zero-order chi connectivity index (χ0) is 14.1. The second kappa shape index (κ2) is 9.48. The van der Waals surface area contributed by atoms with Crippen LogP contribution in [0.5, 0.6) is 0 Å². The fraction of sp³-hybridized carbons (Fsp3) is 0.733. The molecule has 0 saturated carbocycles. The summed E-state index contributed by atoms with van der Waals surface area (Å²) in [5.74, 6) is 0.712. The predicted octanol–water partition coefficient (Wildman–Crippen LogP) is 2.96. The smallest absolute Gasteiger partial charge is 0.0593 e. The Morgan fingerprint density at radius 2 is 2.05 bits per heavy atom. The minimum absolute atomic E-state index is 0.712. The van der Waals surface area contributed by atoms with Gasteiger partial charge < -0.3 is 10.1 Å².